The first-order chi connectivity index (χ1) is 16.9. The van der Waals surface area contributed by atoms with Gasteiger partial charge in [-0.15, -0.1) is 11.3 Å². The second-order valence-corrected chi connectivity index (χ2v) is 9.13. The molecule has 3 aromatic carbocycles. The van der Waals surface area contributed by atoms with Crippen LogP contribution in [0.25, 0.3) is 21.7 Å². The molecule has 180 valence electrons. The van der Waals surface area contributed by atoms with Crippen molar-refractivity contribution in [2.24, 2.45) is 0 Å². The third-order valence-corrected chi connectivity index (χ3v) is 6.45. The SMILES string of the molecule is COc1cc(NC(=O)Nc2ccc(-c3sc(C)nc3-c3ccc(Cl)cc3)cc2)cc(OC)c1OC. The molecule has 0 spiro atoms. The lowest BCUT2D eigenvalue weighted by Crippen LogP contribution is -2.19. The molecule has 0 radical (unpaired) electrons. The maximum absolute atomic E-state index is 12.6. The third-order valence-electron chi connectivity index (χ3n) is 5.18. The Morgan fingerprint density at radius 2 is 1.40 bits per heavy atom. The van der Waals surface area contributed by atoms with Crippen LogP contribution in [0.5, 0.6) is 17.2 Å². The molecular formula is C26H24ClN3O4S. The Kier molecular flexibility index (Phi) is 7.43. The summed E-state index contributed by atoms with van der Waals surface area (Å²) in [4.78, 5) is 18.4. The number of nitrogens with one attached hydrogen (secondary N) is 2. The molecule has 0 aliphatic rings. The van der Waals surface area contributed by atoms with Crippen LogP contribution in [-0.4, -0.2) is 32.3 Å². The van der Waals surface area contributed by atoms with Crippen LogP contribution in [0.4, 0.5) is 16.2 Å². The normalized spacial score (nSPS) is 10.5. The number of methoxy groups -OCH3 is 3. The predicted molar refractivity (Wildman–Crippen MR) is 141 cm³/mol. The minimum atomic E-state index is -0.400. The van der Waals surface area contributed by atoms with Crippen molar-refractivity contribution in [2.45, 2.75) is 6.92 Å². The van der Waals surface area contributed by atoms with Crippen LogP contribution in [0, 0.1) is 6.92 Å². The number of carbonyl (C=O) groups excluding carboxylic acids is 1. The van der Waals surface area contributed by atoms with E-state index in [1.807, 2.05) is 55.5 Å². The number of carbonyl (C=O) groups is 1. The third kappa shape index (κ3) is 5.50. The summed E-state index contributed by atoms with van der Waals surface area (Å²) in [6.45, 7) is 1.98. The van der Waals surface area contributed by atoms with Gasteiger partial charge in [-0.2, -0.15) is 0 Å². The largest absolute Gasteiger partial charge is 0.493 e. The Morgan fingerprint density at radius 3 is 1.97 bits per heavy atom. The number of anilines is 2. The summed E-state index contributed by atoms with van der Waals surface area (Å²) in [5.74, 6) is 1.35. The van der Waals surface area contributed by atoms with Gasteiger partial charge in [0.15, 0.2) is 11.5 Å². The number of aromatic nitrogens is 1. The highest BCUT2D eigenvalue weighted by Gasteiger charge is 2.16. The summed E-state index contributed by atoms with van der Waals surface area (Å²) in [5.41, 5.74) is 4.07. The summed E-state index contributed by atoms with van der Waals surface area (Å²) in [6, 6.07) is 18.2. The van der Waals surface area contributed by atoms with Crippen LogP contribution in [0.1, 0.15) is 5.01 Å². The molecule has 1 aromatic heterocycles. The Morgan fingerprint density at radius 1 is 0.829 bits per heavy atom. The summed E-state index contributed by atoms with van der Waals surface area (Å²) in [5, 5.41) is 7.28. The zero-order valence-electron chi connectivity index (χ0n) is 19.6. The van der Waals surface area contributed by atoms with Crippen LogP contribution in [0.3, 0.4) is 0 Å². The molecule has 9 heteroatoms. The van der Waals surface area contributed by atoms with Crippen molar-refractivity contribution in [3.8, 4) is 38.9 Å². The molecule has 2 amide bonds. The Hall–Kier alpha value is -3.75. The fraction of sp³-hybridized carbons (Fsp3) is 0.154. The van der Waals surface area contributed by atoms with Gasteiger partial charge in [-0.05, 0) is 36.8 Å². The molecule has 0 saturated heterocycles. The van der Waals surface area contributed by atoms with E-state index in [1.165, 1.54) is 21.3 Å². The molecule has 1 heterocycles. The number of urea groups is 1. The fourth-order valence-electron chi connectivity index (χ4n) is 3.58. The molecule has 0 aliphatic carbocycles. The fourth-order valence-corrected chi connectivity index (χ4v) is 4.65. The van der Waals surface area contributed by atoms with Gasteiger partial charge in [0, 0.05) is 28.4 Å². The molecule has 0 fully saturated rings. The lowest BCUT2D eigenvalue weighted by molar-refractivity contribution is 0.262. The average Bonchev–Trinajstić information content (AvgIpc) is 3.25. The van der Waals surface area contributed by atoms with Gasteiger partial charge in [-0.3, -0.25) is 0 Å². The van der Waals surface area contributed by atoms with Gasteiger partial charge < -0.3 is 24.8 Å². The first-order valence-electron chi connectivity index (χ1n) is 10.6. The highest BCUT2D eigenvalue weighted by atomic mass is 35.5. The van der Waals surface area contributed by atoms with Crippen molar-refractivity contribution in [3.63, 3.8) is 0 Å². The molecule has 4 rings (SSSR count). The van der Waals surface area contributed by atoms with E-state index in [-0.39, 0.29) is 0 Å². The number of rotatable bonds is 7. The zero-order valence-corrected chi connectivity index (χ0v) is 21.2. The number of amides is 2. The smallest absolute Gasteiger partial charge is 0.323 e. The molecule has 7 nitrogen and oxygen atoms in total. The Bertz CT molecular complexity index is 1310. The van der Waals surface area contributed by atoms with E-state index in [0.717, 1.165) is 26.7 Å². The van der Waals surface area contributed by atoms with Gasteiger partial charge >= 0.3 is 6.03 Å². The van der Waals surface area contributed by atoms with Crippen LogP contribution in [-0.2, 0) is 0 Å². The van der Waals surface area contributed by atoms with E-state index in [1.54, 1.807) is 23.5 Å². The van der Waals surface area contributed by atoms with E-state index >= 15 is 0 Å². The van der Waals surface area contributed by atoms with Crippen molar-refractivity contribution >= 4 is 40.3 Å². The van der Waals surface area contributed by atoms with E-state index in [0.29, 0.717) is 33.6 Å². The van der Waals surface area contributed by atoms with Crippen LogP contribution in [0.2, 0.25) is 5.02 Å². The summed E-state index contributed by atoms with van der Waals surface area (Å²) >= 11 is 7.66. The summed E-state index contributed by atoms with van der Waals surface area (Å²) < 4.78 is 16.0. The molecule has 0 unspecified atom stereocenters. The number of benzene rings is 3. The van der Waals surface area contributed by atoms with Crippen LogP contribution >= 0.6 is 22.9 Å². The minimum Gasteiger partial charge on any atom is -0.493 e. The summed E-state index contributed by atoms with van der Waals surface area (Å²) in [7, 11) is 4.56. The quantitative estimate of drug-likeness (QED) is 0.277. The standard InChI is InChI=1S/C26H24ClN3O4S/c1-15-28-23(16-5-9-18(27)10-6-16)25(35-15)17-7-11-19(12-8-17)29-26(31)30-20-13-21(32-2)24(34-4)22(14-20)33-3/h5-14H,1-4H3,(H2,29,30,31). The average molecular weight is 510 g/mol. The van der Waals surface area contributed by atoms with Crippen molar-refractivity contribution in [1.82, 2.24) is 4.98 Å². The van der Waals surface area contributed by atoms with Gasteiger partial charge in [0.25, 0.3) is 0 Å². The maximum Gasteiger partial charge on any atom is 0.323 e. The number of hydrogen-bond donors (Lipinski definition) is 2. The molecular weight excluding hydrogens is 486 g/mol. The molecule has 0 atom stereocenters. The van der Waals surface area contributed by atoms with E-state index in [9.17, 15) is 4.79 Å². The first-order valence-corrected chi connectivity index (χ1v) is 11.8. The van der Waals surface area contributed by atoms with Crippen LogP contribution in [0.15, 0.2) is 60.7 Å². The molecule has 35 heavy (non-hydrogen) atoms. The van der Waals surface area contributed by atoms with Crippen molar-refractivity contribution < 1.29 is 19.0 Å². The van der Waals surface area contributed by atoms with E-state index in [2.05, 4.69) is 10.6 Å². The number of thiazole rings is 1. The van der Waals surface area contributed by atoms with Crippen molar-refractivity contribution in [2.75, 3.05) is 32.0 Å². The topological polar surface area (TPSA) is 81.7 Å². The van der Waals surface area contributed by atoms with E-state index in [4.69, 9.17) is 30.8 Å². The molecule has 0 aliphatic heterocycles. The highest BCUT2D eigenvalue weighted by molar-refractivity contribution is 7.15. The van der Waals surface area contributed by atoms with Gasteiger partial charge in [-0.1, -0.05) is 35.9 Å². The zero-order chi connectivity index (χ0) is 24.9. The first kappa shape index (κ1) is 24.4. The molecule has 0 saturated carbocycles. The van der Waals surface area contributed by atoms with Gasteiger partial charge in [-0.25, -0.2) is 9.78 Å². The van der Waals surface area contributed by atoms with E-state index < -0.39 is 6.03 Å². The van der Waals surface area contributed by atoms with Crippen molar-refractivity contribution in [1.29, 1.82) is 0 Å². The maximum atomic E-state index is 12.6. The Balaban J connectivity index is 1.50. The van der Waals surface area contributed by atoms with Gasteiger partial charge in [0.05, 0.1) is 42.6 Å². The molecule has 4 aromatic rings. The molecule has 0 bridgehead atoms. The van der Waals surface area contributed by atoms with Crippen molar-refractivity contribution in [3.05, 3.63) is 70.7 Å². The number of nitrogens with zero attached hydrogens (tertiary/aromatic N) is 1. The number of halogens is 1. The predicted octanol–water partition coefficient (Wildman–Crippen LogP) is 7.11. The second-order valence-electron chi connectivity index (χ2n) is 7.49. The number of ether oxygens (including phenoxy) is 3. The second kappa shape index (κ2) is 10.7. The minimum absolute atomic E-state index is 0.400. The number of hydrogen-bond acceptors (Lipinski definition) is 6. The van der Waals surface area contributed by atoms with Gasteiger partial charge in [0.2, 0.25) is 5.75 Å². The highest BCUT2D eigenvalue weighted by Crippen LogP contribution is 2.40. The lowest BCUT2D eigenvalue weighted by Gasteiger charge is -2.15. The van der Waals surface area contributed by atoms with Gasteiger partial charge in [0.1, 0.15) is 0 Å². The molecule has 2 N–H and O–H groups in total. The van der Waals surface area contributed by atoms with Crippen LogP contribution < -0.4 is 24.8 Å². The Labute approximate surface area is 212 Å². The lowest BCUT2D eigenvalue weighted by atomic mass is 10.1. The summed E-state index contributed by atoms with van der Waals surface area (Å²) in [6.07, 6.45) is 0. The monoisotopic (exact) mass is 509 g/mol. The number of aryl methyl sites for hydroxylation is 1.